The number of furan rings is 1. The van der Waals surface area contributed by atoms with Crippen LogP contribution >= 0.6 is 0 Å². The summed E-state index contributed by atoms with van der Waals surface area (Å²) in [7, 11) is 0. The van der Waals surface area contributed by atoms with Crippen LogP contribution in [0.2, 0.25) is 0 Å². The number of carbonyl (C=O) groups is 2. The van der Waals surface area contributed by atoms with Crippen LogP contribution in [0.4, 0.5) is 5.69 Å². The smallest absolute Gasteiger partial charge is 0.315 e. The quantitative estimate of drug-likeness (QED) is 0.653. The highest BCUT2D eigenvalue weighted by atomic mass is 16.8. The highest BCUT2D eigenvalue weighted by molar-refractivity contribution is 5.89. The molecule has 4 unspecified atom stereocenters. The van der Waals surface area contributed by atoms with Crippen molar-refractivity contribution in [3.05, 3.63) is 57.5 Å². The Kier molecular flexibility index (Phi) is 4.92. The minimum Gasteiger partial charge on any atom is -0.595 e. The minimum absolute atomic E-state index is 0.0108. The second-order valence-corrected chi connectivity index (χ2v) is 8.69. The summed E-state index contributed by atoms with van der Waals surface area (Å²) in [6, 6.07) is 6.64. The number of rotatable bonds is 4. The van der Waals surface area contributed by atoms with Gasteiger partial charge in [-0.2, -0.15) is 5.23 Å². The van der Waals surface area contributed by atoms with Gasteiger partial charge in [-0.1, -0.05) is 0 Å². The summed E-state index contributed by atoms with van der Waals surface area (Å²) in [6.45, 7) is 2.14. The average Bonchev–Trinajstić information content (AvgIpc) is 3.38. The van der Waals surface area contributed by atoms with E-state index < -0.39 is 10.8 Å². The number of aromatic nitrogens is 1. The van der Waals surface area contributed by atoms with Gasteiger partial charge in [0.25, 0.3) is 0 Å². The zero-order valence-corrected chi connectivity index (χ0v) is 16.9. The predicted octanol–water partition coefficient (Wildman–Crippen LogP) is -0.161. The molecule has 2 fully saturated rings. The second kappa shape index (κ2) is 7.63. The molecule has 0 aromatic carbocycles. The number of pyridine rings is 1. The van der Waals surface area contributed by atoms with Gasteiger partial charge in [0.1, 0.15) is 5.76 Å². The van der Waals surface area contributed by atoms with Gasteiger partial charge >= 0.3 is 5.56 Å². The van der Waals surface area contributed by atoms with Gasteiger partial charge in [0.15, 0.2) is 0 Å². The van der Waals surface area contributed by atoms with E-state index in [4.69, 9.17) is 4.42 Å². The Morgan fingerprint density at radius 3 is 2.77 bits per heavy atom. The Bertz CT molecular complexity index is 1060. The number of likely N-dealkylation sites (tertiary alicyclic amines) is 2. The van der Waals surface area contributed by atoms with Crippen LogP contribution in [0.5, 0.6) is 0 Å². The average molecular weight is 428 g/mol. The van der Waals surface area contributed by atoms with Crippen LogP contribution < -0.4 is 10.8 Å². The molecular formula is C21H24N4O6. The fourth-order valence-corrected chi connectivity index (χ4v) is 5.23. The number of fused-ring (bicyclic) bond motifs is 4. The van der Waals surface area contributed by atoms with Gasteiger partial charge in [-0.3, -0.25) is 14.4 Å². The maximum absolute atomic E-state index is 13.2. The molecule has 0 saturated carbocycles. The van der Waals surface area contributed by atoms with Crippen molar-refractivity contribution < 1.29 is 24.4 Å². The Labute approximate surface area is 177 Å². The molecule has 10 nitrogen and oxygen atoms in total. The number of quaternary nitrogens is 1. The molecule has 2 aromatic heterocycles. The van der Waals surface area contributed by atoms with Crippen molar-refractivity contribution in [2.45, 2.75) is 31.8 Å². The first-order chi connectivity index (χ1) is 14.9. The van der Waals surface area contributed by atoms with E-state index in [2.05, 4.69) is 0 Å². The van der Waals surface area contributed by atoms with Gasteiger partial charge < -0.3 is 24.0 Å². The Hall–Kier alpha value is -2.95. The van der Waals surface area contributed by atoms with Gasteiger partial charge in [-0.25, -0.2) is 5.21 Å². The van der Waals surface area contributed by atoms with E-state index in [1.165, 1.54) is 6.07 Å². The standard InChI is InChI=1S/C21H24N4O6/c26-19-7-15(11-22(19)12-16-2-1-5-31-16)20(27)23-8-13-6-14(10-23)17-3-4-18(25(29)30)21(28)24(17)9-13/h1-5,13-15,25,29H,6-12H2. The predicted molar refractivity (Wildman–Crippen MR) is 106 cm³/mol. The fourth-order valence-electron chi connectivity index (χ4n) is 5.23. The van der Waals surface area contributed by atoms with E-state index >= 15 is 0 Å². The first kappa shape index (κ1) is 20.0. The molecule has 0 spiro atoms. The van der Waals surface area contributed by atoms with Crippen LogP contribution in [-0.2, 0) is 22.7 Å². The molecule has 2 aromatic rings. The third-order valence-corrected chi connectivity index (χ3v) is 6.64. The van der Waals surface area contributed by atoms with E-state index in [-0.39, 0.29) is 41.7 Å². The summed E-state index contributed by atoms with van der Waals surface area (Å²) in [5, 5.41) is 19.3. The molecule has 164 valence electrons. The fraction of sp³-hybridized carbons (Fsp3) is 0.476. The molecule has 10 heteroatoms. The van der Waals surface area contributed by atoms with Crippen molar-refractivity contribution in [3.63, 3.8) is 0 Å². The number of nitrogens with zero attached hydrogens (tertiary/aromatic N) is 3. The highest BCUT2D eigenvalue weighted by Crippen LogP contribution is 2.36. The summed E-state index contributed by atoms with van der Waals surface area (Å²) in [5.74, 6) is 0.319. The summed E-state index contributed by atoms with van der Waals surface area (Å²) in [5.41, 5.74) is 0.0814. The molecule has 3 aliphatic heterocycles. The lowest BCUT2D eigenvalue weighted by Crippen LogP contribution is -3.00. The Balaban J connectivity index is 1.30. The van der Waals surface area contributed by atoms with Gasteiger partial charge in [-0.15, -0.1) is 0 Å². The lowest BCUT2D eigenvalue weighted by atomic mass is 9.82. The first-order valence-corrected chi connectivity index (χ1v) is 10.5. The molecule has 2 saturated heterocycles. The second-order valence-electron chi connectivity index (χ2n) is 8.69. The van der Waals surface area contributed by atoms with Crippen molar-refractivity contribution in [1.82, 2.24) is 14.4 Å². The highest BCUT2D eigenvalue weighted by Gasteiger charge is 2.42. The van der Waals surface area contributed by atoms with Crippen molar-refractivity contribution in [2.24, 2.45) is 11.8 Å². The lowest BCUT2D eigenvalue weighted by Gasteiger charge is -2.43. The molecule has 5 rings (SSSR count). The number of nitrogens with one attached hydrogen (secondary N) is 1. The van der Waals surface area contributed by atoms with Crippen molar-refractivity contribution in [3.8, 4) is 0 Å². The molecule has 2 bridgehead atoms. The summed E-state index contributed by atoms with van der Waals surface area (Å²) < 4.78 is 6.88. The topological polar surface area (TPSA) is 123 Å². The lowest BCUT2D eigenvalue weighted by molar-refractivity contribution is -0.992. The van der Waals surface area contributed by atoms with Crippen LogP contribution in [0.15, 0.2) is 39.7 Å². The number of amides is 2. The van der Waals surface area contributed by atoms with Crippen LogP contribution in [0.1, 0.15) is 30.2 Å². The van der Waals surface area contributed by atoms with E-state index in [9.17, 15) is 24.8 Å². The molecule has 3 aliphatic rings. The van der Waals surface area contributed by atoms with E-state index in [0.717, 1.165) is 12.1 Å². The summed E-state index contributed by atoms with van der Waals surface area (Å²) in [6.07, 6.45) is 2.63. The van der Waals surface area contributed by atoms with Crippen LogP contribution in [0.25, 0.3) is 0 Å². The van der Waals surface area contributed by atoms with Gasteiger partial charge in [0.05, 0.1) is 18.7 Å². The minimum atomic E-state index is -1.22. The molecule has 2 N–H and O–H groups in total. The third kappa shape index (κ3) is 3.56. The van der Waals surface area contributed by atoms with E-state index in [1.807, 2.05) is 11.0 Å². The van der Waals surface area contributed by atoms with Crippen LogP contribution in [0, 0.1) is 17.0 Å². The molecule has 31 heavy (non-hydrogen) atoms. The molecule has 5 heterocycles. The SMILES string of the molecule is O=C1CC(C(=O)N2CC3CC(C2)c2ccc([NH+]([O-])O)c(=O)n2C3)CN1Cc1ccco1. The molecule has 0 aliphatic carbocycles. The Morgan fingerprint density at radius 2 is 2.03 bits per heavy atom. The number of hydrogen-bond donors (Lipinski definition) is 2. The van der Waals surface area contributed by atoms with Crippen molar-refractivity contribution in [1.29, 1.82) is 0 Å². The maximum Gasteiger partial charge on any atom is 0.315 e. The van der Waals surface area contributed by atoms with Gasteiger partial charge in [0.2, 0.25) is 17.5 Å². The zero-order valence-electron chi connectivity index (χ0n) is 16.9. The molecule has 2 amide bonds. The Morgan fingerprint density at radius 1 is 1.19 bits per heavy atom. The normalized spacial score (nSPS) is 26.1. The van der Waals surface area contributed by atoms with Crippen molar-refractivity contribution in [2.75, 3.05) is 19.6 Å². The largest absolute Gasteiger partial charge is 0.595 e. The van der Waals surface area contributed by atoms with Crippen LogP contribution in [0.3, 0.4) is 0 Å². The zero-order chi connectivity index (χ0) is 21.7. The molecule has 4 atom stereocenters. The summed E-state index contributed by atoms with van der Waals surface area (Å²) in [4.78, 5) is 41.7. The van der Waals surface area contributed by atoms with Crippen molar-refractivity contribution >= 4 is 17.5 Å². The number of piperidine rings is 1. The molecular weight excluding hydrogens is 404 g/mol. The third-order valence-electron chi connectivity index (χ3n) is 6.64. The number of hydrogen-bond acceptors (Lipinski definition) is 6. The van der Waals surface area contributed by atoms with Gasteiger partial charge in [-0.05, 0) is 30.5 Å². The maximum atomic E-state index is 13.2. The van der Waals surface area contributed by atoms with Gasteiger partial charge in [0, 0.05) is 50.3 Å². The van der Waals surface area contributed by atoms with Crippen LogP contribution in [-0.4, -0.2) is 51.0 Å². The summed E-state index contributed by atoms with van der Waals surface area (Å²) >= 11 is 0. The monoisotopic (exact) mass is 428 g/mol. The van der Waals surface area contributed by atoms with E-state index in [1.54, 1.807) is 27.9 Å². The molecule has 0 radical (unpaired) electrons. The van der Waals surface area contributed by atoms with E-state index in [0.29, 0.717) is 38.5 Å². The number of carbonyl (C=O) groups excluding carboxylic acids is 2. The first-order valence-electron chi connectivity index (χ1n) is 10.5.